The van der Waals surface area contributed by atoms with Crippen molar-refractivity contribution in [1.82, 2.24) is 0 Å². The quantitative estimate of drug-likeness (QED) is 0.361. The molecule has 194 valence electrons. The fraction of sp³-hybridized carbons (Fsp3) is 0.882. The Bertz CT molecular complexity index is 842. The number of hydrogen-bond donors (Lipinski definition) is 0. The number of hydrogen-bond acceptors (Lipinski definition) is 0. The van der Waals surface area contributed by atoms with Gasteiger partial charge in [0.1, 0.15) is 0 Å². The van der Waals surface area contributed by atoms with Crippen molar-refractivity contribution in [1.29, 1.82) is 0 Å². The molecule has 0 radical (unpaired) electrons. The number of rotatable bonds is 4. The molecule has 2 fully saturated rings. The Labute approximate surface area is 213 Å². The molecule has 0 heteroatoms. The van der Waals surface area contributed by atoms with Crippen LogP contribution in [0.2, 0.25) is 0 Å². The van der Waals surface area contributed by atoms with Crippen LogP contribution in [-0.4, -0.2) is 0 Å². The molecule has 7 unspecified atom stereocenters. The van der Waals surface area contributed by atoms with E-state index in [4.69, 9.17) is 0 Å². The third-order valence-corrected chi connectivity index (χ3v) is 12.8. The van der Waals surface area contributed by atoms with E-state index >= 15 is 0 Å². The molecular formula is C34H58. The SMILES string of the molecule is CC(C)=CCCC(C)C1CCC2(C)C3=C(CCC12C)C1(C)CCC(C(C)(C)C)C(C)(C)C1CC3. The maximum absolute atomic E-state index is 2.72. The van der Waals surface area contributed by atoms with Crippen LogP contribution in [0, 0.1) is 50.7 Å². The van der Waals surface area contributed by atoms with Gasteiger partial charge in [-0.1, -0.05) is 85.1 Å². The monoisotopic (exact) mass is 466 g/mol. The smallest absolute Gasteiger partial charge is 0.00568 e. The lowest BCUT2D eigenvalue weighted by Gasteiger charge is -2.64. The first kappa shape index (κ1) is 26.5. The summed E-state index contributed by atoms with van der Waals surface area (Å²) in [7, 11) is 0. The largest absolute Gasteiger partial charge is 0.0859 e. The van der Waals surface area contributed by atoms with E-state index in [-0.39, 0.29) is 0 Å². The predicted molar refractivity (Wildman–Crippen MR) is 150 cm³/mol. The van der Waals surface area contributed by atoms with Gasteiger partial charge in [0.2, 0.25) is 0 Å². The van der Waals surface area contributed by atoms with Gasteiger partial charge in [-0.15, -0.1) is 0 Å². The van der Waals surface area contributed by atoms with Crippen molar-refractivity contribution in [2.45, 2.75) is 140 Å². The Kier molecular flexibility index (Phi) is 6.65. The molecule has 4 aliphatic carbocycles. The van der Waals surface area contributed by atoms with Crippen molar-refractivity contribution in [3.8, 4) is 0 Å². The average molecular weight is 467 g/mol. The van der Waals surface area contributed by atoms with Crippen LogP contribution < -0.4 is 0 Å². The summed E-state index contributed by atoms with van der Waals surface area (Å²) in [4.78, 5) is 0. The van der Waals surface area contributed by atoms with E-state index in [0.717, 1.165) is 23.7 Å². The Morgan fingerprint density at radius 2 is 1.59 bits per heavy atom. The van der Waals surface area contributed by atoms with Gasteiger partial charge >= 0.3 is 0 Å². The predicted octanol–water partition coefficient (Wildman–Crippen LogP) is 10.8. The fourth-order valence-electron chi connectivity index (χ4n) is 11.0. The van der Waals surface area contributed by atoms with E-state index < -0.39 is 0 Å². The molecule has 0 bridgehead atoms. The normalized spacial score (nSPS) is 42.5. The van der Waals surface area contributed by atoms with Crippen LogP contribution in [0.4, 0.5) is 0 Å². The van der Waals surface area contributed by atoms with E-state index in [9.17, 15) is 0 Å². The van der Waals surface area contributed by atoms with Crippen LogP contribution in [0.3, 0.4) is 0 Å². The van der Waals surface area contributed by atoms with Crippen LogP contribution in [0.5, 0.6) is 0 Å². The summed E-state index contributed by atoms with van der Waals surface area (Å²) in [6.45, 7) is 28.0. The third kappa shape index (κ3) is 3.82. The molecule has 2 saturated carbocycles. The second-order valence-corrected chi connectivity index (χ2v) is 16.0. The van der Waals surface area contributed by atoms with Crippen molar-refractivity contribution in [2.24, 2.45) is 50.7 Å². The van der Waals surface area contributed by atoms with Crippen LogP contribution in [0.1, 0.15) is 140 Å². The van der Waals surface area contributed by atoms with E-state index in [1.165, 1.54) is 69.8 Å². The van der Waals surface area contributed by atoms with E-state index in [1.807, 2.05) is 11.1 Å². The molecule has 7 atom stereocenters. The minimum Gasteiger partial charge on any atom is -0.0859 e. The molecule has 0 aromatic heterocycles. The maximum Gasteiger partial charge on any atom is -0.00568 e. The van der Waals surface area contributed by atoms with Crippen LogP contribution in [-0.2, 0) is 0 Å². The molecule has 4 rings (SSSR count). The Morgan fingerprint density at radius 3 is 2.21 bits per heavy atom. The summed E-state index contributed by atoms with van der Waals surface area (Å²) in [5.74, 6) is 3.43. The highest BCUT2D eigenvalue weighted by molar-refractivity contribution is 5.38. The molecule has 0 aromatic rings. The molecule has 34 heavy (non-hydrogen) atoms. The van der Waals surface area contributed by atoms with Gasteiger partial charge in [0, 0.05) is 0 Å². The van der Waals surface area contributed by atoms with Gasteiger partial charge in [-0.3, -0.25) is 0 Å². The number of fused-ring (bicyclic) bond motifs is 4. The lowest BCUT2D eigenvalue weighted by atomic mass is 9.40. The molecule has 4 aliphatic rings. The van der Waals surface area contributed by atoms with E-state index in [1.54, 1.807) is 0 Å². The van der Waals surface area contributed by atoms with Gasteiger partial charge in [-0.25, -0.2) is 0 Å². The average Bonchev–Trinajstić information content (AvgIpc) is 2.97. The van der Waals surface area contributed by atoms with Crippen molar-refractivity contribution in [3.05, 3.63) is 22.8 Å². The van der Waals surface area contributed by atoms with Crippen LogP contribution in [0.25, 0.3) is 0 Å². The summed E-state index contributed by atoms with van der Waals surface area (Å²) < 4.78 is 0. The van der Waals surface area contributed by atoms with Gasteiger partial charge in [-0.2, -0.15) is 0 Å². The van der Waals surface area contributed by atoms with Crippen molar-refractivity contribution in [3.63, 3.8) is 0 Å². The molecule has 0 N–H and O–H groups in total. The lowest BCUT2D eigenvalue weighted by molar-refractivity contribution is -0.0873. The minimum absolute atomic E-state index is 0.414. The molecule has 0 heterocycles. The first-order valence-corrected chi connectivity index (χ1v) is 15.0. The summed E-state index contributed by atoms with van der Waals surface area (Å²) in [5.41, 5.74) is 7.63. The zero-order valence-electron chi connectivity index (χ0n) is 25.0. The Balaban J connectivity index is 1.65. The van der Waals surface area contributed by atoms with Gasteiger partial charge in [0.15, 0.2) is 0 Å². The van der Waals surface area contributed by atoms with Crippen LogP contribution in [0.15, 0.2) is 22.8 Å². The van der Waals surface area contributed by atoms with Crippen LogP contribution >= 0.6 is 0 Å². The molecule has 0 saturated heterocycles. The topological polar surface area (TPSA) is 0 Å². The second kappa shape index (κ2) is 8.52. The van der Waals surface area contributed by atoms with E-state index in [2.05, 4.69) is 82.2 Å². The molecule has 0 aliphatic heterocycles. The second-order valence-electron chi connectivity index (χ2n) is 16.0. The Hall–Kier alpha value is -0.520. The lowest BCUT2D eigenvalue weighted by Crippen LogP contribution is -2.55. The zero-order valence-corrected chi connectivity index (χ0v) is 25.0. The van der Waals surface area contributed by atoms with E-state index in [0.29, 0.717) is 27.1 Å². The first-order valence-electron chi connectivity index (χ1n) is 15.0. The summed E-state index contributed by atoms with van der Waals surface area (Å²) >= 11 is 0. The zero-order chi connectivity index (χ0) is 25.3. The molecule has 0 aromatic carbocycles. The van der Waals surface area contributed by atoms with Gasteiger partial charge in [-0.05, 0) is 129 Å². The third-order valence-electron chi connectivity index (χ3n) is 12.8. The highest BCUT2D eigenvalue weighted by Gasteiger charge is 2.63. The molecule has 0 nitrogen and oxygen atoms in total. The van der Waals surface area contributed by atoms with Gasteiger partial charge < -0.3 is 0 Å². The highest BCUT2D eigenvalue weighted by Crippen LogP contribution is 2.73. The summed E-state index contributed by atoms with van der Waals surface area (Å²) in [6.07, 6.45) is 16.5. The first-order chi connectivity index (χ1) is 15.6. The fourth-order valence-corrected chi connectivity index (χ4v) is 11.0. The minimum atomic E-state index is 0.414. The summed E-state index contributed by atoms with van der Waals surface area (Å²) in [5, 5.41) is 0. The maximum atomic E-state index is 2.72. The Morgan fingerprint density at radius 1 is 0.912 bits per heavy atom. The van der Waals surface area contributed by atoms with Crippen molar-refractivity contribution in [2.75, 3.05) is 0 Å². The molecule has 0 spiro atoms. The van der Waals surface area contributed by atoms with Crippen molar-refractivity contribution < 1.29 is 0 Å². The van der Waals surface area contributed by atoms with Gasteiger partial charge in [0.25, 0.3) is 0 Å². The van der Waals surface area contributed by atoms with Gasteiger partial charge in [0.05, 0.1) is 0 Å². The van der Waals surface area contributed by atoms with Crippen molar-refractivity contribution >= 4 is 0 Å². The standard InChI is InChI=1S/C34H58/c1-23(2)13-12-14-24(3)25-17-21-34(11)27-15-16-29-31(7,8)28(30(4,5)6)19-20-32(29,9)26(27)18-22-33(25,34)10/h13,24-25,28-29H,12,14-22H2,1-11H3. The highest BCUT2D eigenvalue weighted by atomic mass is 14.7. The number of allylic oxidation sites excluding steroid dienone is 4. The molecular weight excluding hydrogens is 408 g/mol. The summed E-state index contributed by atoms with van der Waals surface area (Å²) in [6, 6.07) is 0. The molecule has 0 amide bonds.